The maximum absolute atomic E-state index is 11.5. The number of carbonyl (C=O) groups excluding carboxylic acids is 1. The largest absolute Gasteiger partial charge is 0.460 e. The van der Waals surface area contributed by atoms with E-state index in [2.05, 4.69) is 24.5 Å². The molecule has 1 rings (SSSR count). The van der Waals surface area contributed by atoms with Gasteiger partial charge in [-0.25, -0.2) is 0 Å². The van der Waals surface area contributed by atoms with Crippen molar-refractivity contribution in [2.45, 2.75) is 76.7 Å². The Morgan fingerprint density at radius 3 is 2.71 bits per heavy atom. The lowest BCUT2D eigenvalue weighted by atomic mass is 9.97. The van der Waals surface area contributed by atoms with Crippen LogP contribution in [-0.4, -0.2) is 23.8 Å². The lowest BCUT2D eigenvalue weighted by Gasteiger charge is -2.04. The van der Waals surface area contributed by atoms with Crippen molar-refractivity contribution in [3.8, 4) is 11.8 Å². The van der Waals surface area contributed by atoms with Crippen LogP contribution in [0.4, 0.5) is 0 Å². The monoisotopic (exact) mass is 332 g/mol. The van der Waals surface area contributed by atoms with Crippen LogP contribution in [0.25, 0.3) is 0 Å². The lowest BCUT2D eigenvalue weighted by Crippen LogP contribution is -2.10. The van der Waals surface area contributed by atoms with Crippen LogP contribution in [-0.2, 0) is 9.53 Å². The Morgan fingerprint density at radius 2 is 1.96 bits per heavy atom. The van der Waals surface area contributed by atoms with Crippen molar-refractivity contribution < 1.29 is 14.6 Å². The van der Waals surface area contributed by atoms with Crippen LogP contribution in [0.15, 0.2) is 24.8 Å². The predicted octanol–water partition coefficient (Wildman–Crippen LogP) is 4.56. The van der Waals surface area contributed by atoms with Crippen molar-refractivity contribution in [3.63, 3.8) is 0 Å². The fourth-order valence-electron chi connectivity index (χ4n) is 2.85. The van der Waals surface area contributed by atoms with Gasteiger partial charge in [0.05, 0.1) is 12.5 Å². The summed E-state index contributed by atoms with van der Waals surface area (Å²) in [6.07, 6.45) is 17.4. The van der Waals surface area contributed by atoms with Crippen molar-refractivity contribution >= 4 is 5.97 Å². The average molecular weight is 332 g/mol. The van der Waals surface area contributed by atoms with Crippen LogP contribution < -0.4 is 0 Å². The molecule has 1 fully saturated rings. The zero-order valence-corrected chi connectivity index (χ0v) is 14.8. The van der Waals surface area contributed by atoms with E-state index in [0.29, 0.717) is 6.42 Å². The molecule has 1 aliphatic heterocycles. The highest BCUT2D eigenvalue weighted by molar-refractivity contribution is 5.74. The smallest absolute Gasteiger partial charge is 0.309 e. The third kappa shape index (κ3) is 9.57. The lowest BCUT2D eigenvalue weighted by molar-refractivity contribution is -0.145. The Bertz CT molecular complexity index is 442. The zero-order chi connectivity index (χ0) is 17.5. The summed E-state index contributed by atoms with van der Waals surface area (Å²) in [6.45, 7) is 3.66. The minimum absolute atomic E-state index is 0.00133. The molecule has 0 bridgehead atoms. The number of ether oxygens (including phenoxy) is 1. The molecule has 1 N–H and O–H groups in total. The number of aliphatic hydroxyl groups excluding tert-OH is 1. The maximum atomic E-state index is 11.5. The summed E-state index contributed by atoms with van der Waals surface area (Å²) >= 11 is 0. The van der Waals surface area contributed by atoms with Crippen LogP contribution >= 0.6 is 0 Å². The quantitative estimate of drug-likeness (QED) is 0.247. The second-order valence-corrected chi connectivity index (χ2v) is 6.42. The molecular weight excluding hydrogens is 300 g/mol. The summed E-state index contributed by atoms with van der Waals surface area (Å²) in [5.41, 5.74) is 0. The molecule has 0 aromatic rings. The molecule has 0 amide bonds. The van der Waals surface area contributed by atoms with E-state index in [1.807, 2.05) is 12.2 Å². The van der Waals surface area contributed by atoms with Gasteiger partial charge in [-0.05, 0) is 51.0 Å². The summed E-state index contributed by atoms with van der Waals surface area (Å²) in [4.78, 5) is 11.5. The number of unbranched alkanes of at least 4 members (excludes halogenated alkanes) is 7. The topological polar surface area (TPSA) is 46.5 Å². The highest BCUT2D eigenvalue weighted by atomic mass is 16.6. The van der Waals surface area contributed by atoms with Gasteiger partial charge in [0.25, 0.3) is 0 Å². The molecule has 134 valence electrons. The van der Waals surface area contributed by atoms with E-state index in [4.69, 9.17) is 9.84 Å². The first-order valence-electron chi connectivity index (χ1n) is 9.33. The van der Waals surface area contributed by atoms with Crippen molar-refractivity contribution in [3.05, 3.63) is 24.8 Å². The van der Waals surface area contributed by atoms with Crippen molar-refractivity contribution in [1.82, 2.24) is 0 Å². The first-order valence-corrected chi connectivity index (χ1v) is 9.33. The van der Waals surface area contributed by atoms with Gasteiger partial charge in [-0.3, -0.25) is 4.79 Å². The molecule has 1 aliphatic rings. The number of carbonyl (C=O) groups is 1. The van der Waals surface area contributed by atoms with E-state index in [9.17, 15) is 4.79 Å². The Labute approximate surface area is 147 Å². The van der Waals surface area contributed by atoms with Crippen LogP contribution in [0.5, 0.6) is 0 Å². The summed E-state index contributed by atoms with van der Waals surface area (Å²) < 4.78 is 5.07. The number of aliphatic hydroxyl groups is 1. The van der Waals surface area contributed by atoms with E-state index in [-0.39, 0.29) is 24.6 Å². The zero-order valence-electron chi connectivity index (χ0n) is 14.8. The van der Waals surface area contributed by atoms with Crippen LogP contribution in [0.3, 0.4) is 0 Å². The minimum Gasteiger partial charge on any atom is -0.460 e. The van der Waals surface area contributed by atoms with Gasteiger partial charge in [-0.15, -0.1) is 6.58 Å². The maximum Gasteiger partial charge on any atom is 0.309 e. The molecular formula is C21H32O3. The third-order valence-corrected chi connectivity index (χ3v) is 4.30. The highest BCUT2D eigenvalue weighted by Gasteiger charge is 2.33. The Kier molecular flexibility index (Phi) is 11.9. The molecule has 3 heteroatoms. The normalized spacial score (nSPS) is 20.0. The third-order valence-electron chi connectivity index (χ3n) is 4.30. The fourth-order valence-corrected chi connectivity index (χ4v) is 2.85. The first-order chi connectivity index (χ1) is 11.8. The standard InChI is InChI=1S/C21H32O3/c1-2-3-4-5-6-7-8-9-10-11-12-13-14-15-16-19-17-20(18-22)24-21(19)23/h2,7-8,19-20,22H,1,3-6,11-18H2/b8-7-/t19-,20+/m1/s1. The van der Waals surface area contributed by atoms with Crippen LogP contribution in [0, 0.1) is 17.8 Å². The number of rotatable bonds is 12. The molecule has 1 saturated heterocycles. The van der Waals surface area contributed by atoms with Gasteiger partial charge in [-0.2, -0.15) is 0 Å². The number of allylic oxidation sites excluding steroid dienone is 3. The van der Waals surface area contributed by atoms with Crippen molar-refractivity contribution in [1.29, 1.82) is 0 Å². The molecule has 2 atom stereocenters. The Hall–Kier alpha value is -1.53. The second-order valence-electron chi connectivity index (χ2n) is 6.42. The van der Waals surface area contributed by atoms with E-state index in [1.165, 1.54) is 12.8 Å². The van der Waals surface area contributed by atoms with E-state index in [1.54, 1.807) is 0 Å². The summed E-state index contributed by atoms with van der Waals surface area (Å²) in [5.74, 6) is 6.15. The Balaban J connectivity index is 1.92. The molecule has 0 aromatic carbocycles. The van der Waals surface area contributed by atoms with Crippen LogP contribution in [0.2, 0.25) is 0 Å². The Morgan fingerprint density at radius 1 is 1.17 bits per heavy atom. The highest BCUT2D eigenvalue weighted by Crippen LogP contribution is 2.25. The number of cyclic esters (lactones) is 1. The van der Waals surface area contributed by atoms with Gasteiger partial charge < -0.3 is 9.84 Å². The molecule has 24 heavy (non-hydrogen) atoms. The SMILES string of the molecule is C=CCCCC/C=C\C#CCCCCCC[C@@H]1C[C@@H](CO)OC1=O. The first kappa shape index (κ1) is 20.5. The second kappa shape index (κ2) is 13.9. The minimum atomic E-state index is -0.271. The predicted molar refractivity (Wildman–Crippen MR) is 98.4 cm³/mol. The summed E-state index contributed by atoms with van der Waals surface area (Å²) in [7, 11) is 0. The van der Waals surface area contributed by atoms with Gasteiger partial charge in [-0.1, -0.05) is 43.3 Å². The average Bonchev–Trinajstić information content (AvgIpc) is 2.95. The van der Waals surface area contributed by atoms with Crippen LogP contribution in [0.1, 0.15) is 70.6 Å². The molecule has 0 unspecified atom stereocenters. The molecule has 0 spiro atoms. The molecule has 0 saturated carbocycles. The van der Waals surface area contributed by atoms with Gasteiger partial charge in [0, 0.05) is 6.42 Å². The molecule has 3 nitrogen and oxygen atoms in total. The molecule has 1 heterocycles. The molecule has 0 aliphatic carbocycles. The van der Waals surface area contributed by atoms with E-state index in [0.717, 1.165) is 51.4 Å². The van der Waals surface area contributed by atoms with Gasteiger partial charge in [0.2, 0.25) is 0 Å². The number of esters is 1. The fraction of sp³-hybridized carbons (Fsp3) is 0.667. The summed E-state index contributed by atoms with van der Waals surface area (Å²) in [5, 5.41) is 9.00. The van der Waals surface area contributed by atoms with Crippen molar-refractivity contribution in [2.24, 2.45) is 5.92 Å². The van der Waals surface area contributed by atoms with E-state index >= 15 is 0 Å². The van der Waals surface area contributed by atoms with Gasteiger partial charge >= 0.3 is 5.97 Å². The summed E-state index contributed by atoms with van der Waals surface area (Å²) in [6, 6.07) is 0. The number of hydrogen-bond acceptors (Lipinski definition) is 3. The molecule has 0 aromatic heterocycles. The van der Waals surface area contributed by atoms with Gasteiger partial charge in [0.15, 0.2) is 0 Å². The molecule has 0 radical (unpaired) electrons. The van der Waals surface area contributed by atoms with E-state index < -0.39 is 0 Å². The number of hydrogen-bond donors (Lipinski definition) is 1. The van der Waals surface area contributed by atoms with Crippen molar-refractivity contribution in [2.75, 3.05) is 6.61 Å². The van der Waals surface area contributed by atoms with Gasteiger partial charge in [0.1, 0.15) is 6.10 Å².